The van der Waals surface area contributed by atoms with Crippen LogP contribution in [0.1, 0.15) is 105 Å². The summed E-state index contributed by atoms with van der Waals surface area (Å²) in [6, 6.07) is 2.36. The SMILES string of the molecule is CC[C@H](C)[C@@H]1NC(=O)[C@H](CC(C)C)NC(=O)C(C)(C)NC(=O)C(NC(=O)[C@H](CC(C)C)NC(=O)CCCC(=O)O)CSCc2cccc(c2)CSC[C@@H](C(N)=O)NC1=O. The van der Waals surface area contributed by atoms with Gasteiger partial charge in [-0.25, -0.2) is 0 Å². The summed E-state index contributed by atoms with van der Waals surface area (Å²) in [7, 11) is 0. The molecule has 0 aliphatic carbocycles. The molecule has 59 heavy (non-hydrogen) atoms. The molecule has 1 aromatic rings. The van der Waals surface area contributed by atoms with Crippen LogP contribution < -0.4 is 37.6 Å². The van der Waals surface area contributed by atoms with E-state index >= 15 is 0 Å². The molecule has 330 valence electrons. The zero-order valence-electron chi connectivity index (χ0n) is 35.6. The van der Waals surface area contributed by atoms with E-state index in [9.17, 15) is 38.4 Å². The Hall–Kier alpha value is -4.32. The van der Waals surface area contributed by atoms with Crippen LogP contribution in [0.2, 0.25) is 0 Å². The third-order valence-corrected chi connectivity index (χ3v) is 11.9. The van der Waals surface area contributed by atoms with Gasteiger partial charge in [0.25, 0.3) is 0 Å². The Morgan fingerprint density at radius 1 is 0.881 bits per heavy atom. The zero-order chi connectivity index (χ0) is 44.4. The second kappa shape index (κ2) is 24.7. The average molecular weight is 864 g/mol. The standard InChI is InChI=1S/C41H65N7O9S2/c1-9-25(6)34-39(56)44-30(35(42)52)21-58-19-26-12-10-13-27(18-26)20-59-22-31(45-36(53)28(16-23(2)3)43-32(49)14-11-15-33(50)51)38(55)48-41(7,8)40(57)46-29(17-24(4)5)37(54)47-34/h10,12-13,18,23-25,28-31,34H,9,11,14-17,19-22H2,1-8H3,(H2,42,52)(H,43,49)(H,44,56)(H,45,53)(H,46,57)(H,47,54)(H,48,55)(H,50,51)/t25-,28-,29-,30-,31?,34-/m0/s1. The molecule has 1 heterocycles. The Labute approximate surface area is 356 Å². The Balaban J connectivity index is 2.52. The second-order valence-corrected chi connectivity index (χ2v) is 18.6. The van der Waals surface area contributed by atoms with Crippen LogP contribution in [0.25, 0.3) is 0 Å². The van der Waals surface area contributed by atoms with Crippen molar-refractivity contribution < 1.29 is 43.5 Å². The summed E-state index contributed by atoms with van der Waals surface area (Å²) in [6.45, 7) is 14.1. The number of nitrogens with one attached hydrogen (secondary N) is 6. The van der Waals surface area contributed by atoms with Crippen molar-refractivity contribution >= 4 is 70.8 Å². The van der Waals surface area contributed by atoms with E-state index in [1.54, 1.807) is 6.92 Å². The normalized spacial score (nSPS) is 22.3. The van der Waals surface area contributed by atoms with Crippen molar-refractivity contribution in [3.05, 3.63) is 35.4 Å². The number of amides is 7. The van der Waals surface area contributed by atoms with Crippen molar-refractivity contribution in [1.29, 1.82) is 0 Å². The van der Waals surface area contributed by atoms with Gasteiger partial charge in [0.05, 0.1) is 0 Å². The smallest absolute Gasteiger partial charge is 0.303 e. The predicted molar refractivity (Wildman–Crippen MR) is 230 cm³/mol. The van der Waals surface area contributed by atoms with Gasteiger partial charge in [0.15, 0.2) is 0 Å². The number of fused-ring (bicyclic) bond motifs is 2. The molecule has 1 aliphatic rings. The lowest BCUT2D eigenvalue weighted by Gasteiger charge is -2.32. The molecule has 18 heteroatoms. The van der Waals surface area contributed by atoms with Gasteiger partial charge in [0, 0.05) is 35.9 Å². The minimum atomic E-state index is -1.60. The summed E-state index contributed by atoms with van der Waals surface area (Å²) < 4.78 is 0. The number of carbonyl (C=O) groups is 8. The maximum atomic E-state index is 14.1. The first kappa shape index (κ1) is 50.8. The highest BCUT2D eigenvalue weighted by molar-refractivity contribution is 7.98. The molecule has 0 spiro atoms. The summed E-state index contributed by atoms with van der Waals surface area (Å²) in [6.07, 6.45) is 0.756. The van der Waals surface area contributed by atoms with E-state index in [4.69, 9.17) is 10.8 Å². The molecule has 7 amide bonds. The number of carboxylic acids is 1. The number of rotatable bonds is 14. The van der Waals surface area contributed by atoms with E-state index < -0.39 is 83.1 Å². The quantitative estimate of drug-likeness (QED) is 0.135. The number of aliphatic carboxylic acids is 1. The first-order valence-electron chi connectivity index (χ1n) is 20.2. The number of nitrogens with two attached hydrogens (primary N) is 1. The number of carbonyl (C=O) groups excluding carboxylic acids is 7. The molecule has 1 aliphatic heterocycles. The fraction of sp³-hybridized carbons (Fsp3) is 0.659. The van der Waals surface area contributed by atoms with Gasteiger partial charge < -0.3 is 42.7 Å². The molecule has 0 fully saturated rings. The Morgan fingerprint density at radius 2 is 1.51 bits per heavy atom. The maximum absolute atomic E-state index is 14.1. The van der Waals surface area contributed by atoms with Gasteiger partial charge in [-0.3, -0.25) is 38.4 Å². The summed E-state index contributed by atoms with van der Waals surface area (Å²) in [5, 5.41) is 25.5. The minimum Gasteiger partial charge on any atom is -0.481 e. The molecule has 0 radical (unpaired) electrons. The monoisotopic (exact) mass is 863 g/mol. The summed E-state index contributed by atoms with van der Waals surface area (Å²) in [4.78, 5) is 106. The number of hydrogen-bond acceptors (Lipinski definition) is 10. The Bertz CT molecular complexity index is 1640. The molecule has 6 atom stereocenters. The molecule has 0 aromatic heterocycles. The average Bonchev–Trinajstić information content (AvgIpc) is 3.14. The van der Waals surface area contributed by atoms with Gasteiger partial charge >= 0.3 is 5.97 Å². The van der Waals surface area contributed by atoms with Crippen LogP contribution in [-0.4, -0.2) is 99.7 Å². The second-order valence-electron chi connectivity index (χ2n) is 16.5. The first-order valence-corrected chi connectivity index (χ1v) is 22.5. The van der Waals surface area contributed by atoms with Gasteiger partial charge in [0.1, 0.15) is 35.7 Å². The van der Waals surface area contributed by atoms with Crippen molar-refractivity contribution in [1.82, 2.24) is 31.9 Å². The van der Waals surface area contributed by atoms with E-state index in [-0.39, 0.29) is 61.4 Å². The van der Waals surface area contributed by atoms with E-state index in [2.05, 4.69) is 31.9 Å². The summed E-state index contributed by atoms with van der Waals surface area (Å²) >= 11 is 2.77. The molecule has 0 saturated carbocycles. The molecule has 1 aromatic carbocycles. The molecular formula is C41H65N7O9S2. The minimum absolute atomic E-state index is 0.0266. The summed E-state index contributed by atoms with van der Waals surface area (Å²) in [5.41, 5.74) is 5.98. The third-order valence-electron chi connectivity index (χ3n) is 9.67. The predicted octanol–water partition coefficient (Wildman–Crippen LogP) is 2.36. The van der Waals surface area contributed by atoms with Crippen LogP contribution in [0.4, 0.5) is 0 Å². The summed E-state index contributed by atoms with van der Waals surface area (Å²) in [5.74, 6) is -4.66. The van der Waals surface area contributed by atoms with Crippen molar-refractivity contribution in [2.45, 2.75) is 141 Å². The molecule has 16 nitrogen and oxygen atoms in total. The number of primary amides is 1. The fourth-order valence-corrected chi connectivity index (χ4v) is 8.15. The molecule has 1 unspecified atom stereocenters. The molecule has 2 rings (SSSR count). The van der Waals surface area contributed by atoms with Crippen LogP contribution in [0.5, 0.6) is 0 Å². The van der Waals surface area contributed by atoms with Gasteiger partial charge in [0.2, 0.25) is 41.4 Å². The lowest BCUT2D eigenvalue weighted by atomic mass is 9.95. The van der Waals surface area contributed by atoms with Crippen LogP contribution in [0.3, 0.4) is 0 Å². The van der Waals surface area contributed by atoms with Crippen LogP contribution in [0, 0.1) is 17.8 Å². The number of hydrogen-bond donors (Lipinski definition) is 8. The van der Waals surface area contributed by atoms with Gasteiger partial charge in [-0.2, -0.15) is 23.5 Å². The van der Waals surface area contributed by atoms with Crippen molar-refractivity contribution in [3.8, 4) is 0 Å². The first-order chi connectivity index (χ1) is 27.6. The highest BCUT2D eigenvalue weighted by atomic mass is 32.2. The van der Waals surface area contributed by atoms with Gasteiger partial charge in [-0.1, -0.05) is 72.2 Å². The lowest BCUT2D eigenvalue weighted by Crippen LogP contribution is -2.63. The van der Waals surface area contributed by atoms with Crippen molar-refractivity contribution in [3.63, 3.8) is 0 Å². The van der Waals surface area contributed by atoms with E-state index in [0.717, 1.165) is 11.1 Å². The molecule has 2 bridgehead atoms. The van der Waals surface area contributed by atoms with Gasteiger partial charge in [-0.05, 0) is 62.0 Å². The maximum Gasteiger partial charge on any atom is 0.303 e. The van der Waals surface area contributed by atoms with Crippen LogP contribution in [-0.2, 0) is 49.9 Å². The molecule has 0 saturated heterocycles. The number of carboxylic acid groups (broad SMARTS) is 1. The van der Waals surface area contributed by atoms with E-state index in [1.165, 1.54) is 37.4 Å². The van der Waals surface area contributed by atoms with Crippen LogP contribution in [0.15, 0.2) is 24.3 Å². The lowest BCUT2D eigenvalue weighted by molar-refractivity contribution is -0.137. The van der Waals surface area contributed by atoms with Gasteiger partial charge in [-0.15, -0.1) is 0 Å². The van der Waals surface area contributed by atoms with Crippen molar-refractivity contribution in [2.24, 2.45) is 23.5 Å². The topological polar surface area (TPSA) is 255 Å². The highest BCUT2D eigenvalue weighted by Crippen LogP contribution is 2.20. The molecular weight excluding hydrogens is 799 g/mol. The zero-order valence-corrected chi connectivity index (χ0v) is 37.2. The van der Waals surface area contributed by atoms with E-state index in [1.807, 2.05) is 58.9 Å². The number of benzene rings is 1. The third kappa shape index (κ3) is 18.2. The van der Waals surface area contributed by atoms with E-state index in [0.29, 0.717) is 17.9 Å². The largest absolute Gasteiger partial charge is 0.481 e. The Kier molecular flexibility index (Phi) is 21.3. The molecule has 9 N–H and O–H groups in total. The fourth-order valence-electron chi connectivity index (χ4n) is 6.13. The number of thioether (sulfide) groups is 2. The Morgan fingerprint density at radius 3 is 2.07 bits per heavy atom. The van der Waals surface area contributed by atoms with Crippen LogP contribution >= 0.6 is 23.5 Å². The van der Waals surface area contributed by atoms with Crippen molar-refractivity contribution in [2.75, 3.05) is 11.5 Å². The highest BCUT2D eigenvalue weighted by Gasteiger charge is 2.38.